The van der Waals surface area contributed by atoms with E-state index in [1.807, 2.05) is 54.3 Å². The second-order valence-corrected chi connectivity index (χ2v) is 10.7. The Kier molecular flexibility index (Phi) is 7.59. The third-order valence-corrected chi connectivity index (χ3v) is 8.37. The van der Waals surface area contributed by atoms with E-state index in [4.69, 9.17) is 5.26 Å². The summed E-state index contributed by atoms with van der Waals surface area (Å²) in [6, 6.07) is 19.8. The average molecular weight is 489 g/mol. The number of carbonyl (C=O) groups is 1. The molecule has 180 valence electrons. The molecule has 1 aromatic heterocycles. The summed E-state index contributed by atoms with van der Waals surface area (Å²) in [6.45, 7) is 3.54. The van der Waals surface area contributed by atoms with Gasteiger partial charge in [0.25, 0.3) is 0 Å². The Morgan fingerprint density at radius 2 is 1.77 bits per heavy atom. The Balaban J connectivity index is 1.47. The fraction of sp³-hybridized carbons (Fsp3) is 0.296. The van der Waals surface area contributed by atoms with Crippen LogP contribution in [0.3, 0.4) is 0 Å². The Hall–Kier alpha value is -3.54. The molecule has 0 spiro atoms. The van der Waals surface area contributed by atoms with Crippen molar-refractivity contribution in [1.82, 2.24) is 14.2 Å². The zero-order chi connectivity index (χ0) is 24.8. The average Bonchev–Trinajstić information content (AvgIpc) is 2.90. The lowest BCUT2D eigenvalue weighted by Crippen LogP contribution is -2.44. The number of pyridine rings is 1. The fourth-order valence-electron chi connectivity index (χ4n) is 4.37. The SMILES string of the molecule is Cc1ccccc1CN(Cc1cccnc1)C(=O)C1CCN(S(=O)(=O)c2ccc(C#N)cc2)CC1. The second-order valence-electron chi connectivity index (χ2n) is 8.80. The highest BCUT2D eigenvalue weighted by Crippen LogP contribution is 2.27. The summed E-state index contributed by atoms with van der Waals surface area (Å²) in [4.78, 5) is 19.8. The first-order chi connectivity index (χ1) is 16.9. The quantitative estimate of drug-likeness (QED) is 0.503. The van der Waals surface area contributed by atoms with E-state index in [0.29, 0.717) is 31.5 Å². The Bertz CT molecular complexity index is 1310. The van der Waals surface area contributed by atoms with Crippen molar-refractivity contribution in [3.63, 3.8) is 0 Å². The van der Waals surface area contributed by atoms with Gasteiger partial charge in [0.15, 0.2) is 0 Å². The summed E-state index contributed by atoms with van der Waals surface area (Å²) in [6.07, 6.45) is 4.41. The van der Waals surface area contributed by atoms with E-state index in [0.717, 1.165) is 16.7 Å². The lowest BCUT2D eigenvalue weighted by molar-refractivity contribution is -0.138. The largest absolute Gasteiger partial charge is 0.334 e. The van der Waals surface area contributed by atoms with Gasteiger partial charge >= 0.3 is 0 Å². The zero-order valence-electron chi connectivity index (χ0n) is 19.7. The van der Waals surface area contributed by atoms with E-state index in [9.17, 15) is 13.2 Å². The predicted molar refractivity (Wildman–Crippen MR) is 132 cm³/mol. The highest BCUT2D eigenvalue weighted by atomic mass is 32.2. The number of aromatic nitrogens is 1. The number of sulfonamides is 1. The first kappa shape index (κ1) is 24.6. The highest BCUT2D eigenvalue weighted by molar-refractivity contribution is 7.89. The maximum atomic E-state index is 13.6. The van der Waals surface area contributed by atoms with Crippen LogP contribution in [-0.4, -0.2) is 41.6 Å². The van der Waals surface area contributed by atoms with Crippen molar-refractivity contribution in [3.05, 3.63) is 95.3 Å². The van der Waals surface area contributed by atoms with E-state index >= 15 is 0 Å². The molecule has 4 rings (SSSR count). The molecule has 1 aliphatic rings. The maximum absolute atomic E-state index is 13.6. The van der Waals surface area contributed by atoms with Gasteiger partial charge < -0.3 is 4.90 Å². The van der Waals surface area contributed by atoms with Crippen LogP contribution in [0.1, 0.15) is 35.1 Å². The zero-order valence-corrected chi connectivity index (χ0v) is 20.5. The van der Waals surface area contributed by atoms with E-state index in [1.54, 1.807) is 12.4 Å². The molecule has 3 aromatic rings. The van der Waals surface area contributed by atoms with Gasteiger partial charge in [-0.25, -0.2) is 8.42 Å². The minimum Gasteiger partial charge on any atom is -0.334 e. The van der Waals surface area contributed by atoms with Crippen LogP contribution >= 0.6 is 0 Å². The molecule has 7 nitrogen and oxygen atoms in total. The second kappa shape index (κ2) is 10.8. The van der Waals surface area contributed by atoms with Gasteiger partial charge in [-0.3, -0.25) is 9.78 Å². The van der Waals surface area contributed by atoms with Crippen LogP contribution in [0.15, 0.2) is 78.0 Å². The summed E-state index contributed by atoms with van der Waals surface area (Å²) in [5.41, 5.74) is 3.58. The van der Waals surface area contributed by atoms with Crippen LogP contribution in [-0.2, 0) is 27.9 Å². The standard InChI is InChI=1S/C27H28N4O3S/c1-21-5-2-3-7-25(21)20-30(19-23-6-4-14-29-18-23)27(32)24-12-15-31(16-13-24)35(33,34)26-10-8-22(17-28)9-11-26/h2-11,14,18,24H,12-13,15-16,19-20H2,1H3. The van der Waals surface area contributed by atoms with Crippen molar-refractivity contribution < 1.29 is 13.2 Å². The monoisotopic (exact) mass is 488 g/mol. The Morgan fingerprint density at radius 1 is 1.06 bits per heavy atom. The van der Waals surface area contributed by atoms with Gasteiger partial charge in [0.1, 0.15) is 0 Å². The molecule has 35 heavy (non-hydrogen) atoms. The molecule has 2 aromatic carbocycles. The number of amides is 1. The molecule has 0 saturated carbocycles. The van der Waals surface area contributed by atoms with Crippen LogP contribution in [0.5, 0.6) is 0 Å². The number of nitriles is 1. The number of aryl methyl sites for hydroxylation is 1. The van der Waals surface area contributed by atoms with Crippen molar-refractivity contribution in [3.8, 4) is 6.07 Å². The number of hydrogen-bond donors (Lipinski definition) is 0. The van der Waals surface area contributed by atoms with Crippen LogP contribution in [0, 0.1) is 24.2 Å². The maximum Gasteiger partial charge on any atom is 0.243 e. The normalized spacial score (nSPS) is 14.9. The van der Waals surface area contributed by atoms with Crippen molar-refractivity contribution in [1.29, 1.82) is 5.26 Å². The van der Waals surface area contributed by atoms with Gasteiger partial charge in [-0.15, -0.1) is 0 Å². The minimum atomic E-state index is -3.67. The number of benzene rings is 2. The van der Waals surface area contributed by atoms with Crippen LogP contribution in [0.2, 0.25) is 0 Å². The van der Waals surface area contributed by atoms with Crippen molar-refractivity contribution in [2.24, 2.45) is 5.92 Å². The first-order valence-corrected chi connectivity index (χ1v) is 13.0. The minimum absolute atomic E-state index is 0.0347. The predicted octanol–water partition coefficient (Wildman–Crippen LogP) is 3.89. The highest BCUT2D eigenvalue weighted by Gasteiger charge is 2.34. The summed E-state index contributed by atoms with van der Waals surface area (Å²) in [5.74, 6) is -0.212. The fourth-order valence-corrected chi connectivity index (χ4v) is 5.84. The first-order valence-electron chi connectivity index (χ1n) is 11.6. The van der Waals surface area contributed by atoms with Gasteiger partial charge in [-0.1, -0.05) is 30.3 Å². The molecule has 0 unspecified atom stereocenters. The molecule has 2 heterocycles. The molecule has 1 aliphatic heterocycles. The lowest BCUT2D eigenvalue weighted by atomic mass is 9.95. The molecule has 1 fully saturated rings. The molecular formula is C27H28N4O3S. The third kappa shape index (κ3) is 5.76. The van der Waals surface area contributed by atoms with E-state index in [2.05, 4.69) is 4.98 Å². The van der Waals surface area contributed by atoms with Gasteiger partial charge in [0, 0.05) is 44.5 Å². The Labute approximate surface area is 206 Å². The molecule has 0 radical (unpaired) electrons. The molecular weight excluding hydrogens is 460 g/mol. The van der Waals surface area contributed by atoms with E-state index < -0.39 is 10.0 Å². The number of hydrogen-bond acceptors (Lipinski definition) is 5. The van der Waals surface area contributed by atoms with Gasteiger partial charge in [-0.2, -0.15) is 9.57 Å². The summed E-state index contributed by atoms with van der Waals surface area (Å²) >= 11 is 0. The summed E-state index contributed by atoms with van der Waals surface area (Å²) < 4.78 is 27.6. The molecule has 0 N–H and O–H groups in total. The third-order valence-electron chi connectivity index (χ3n) is 6.45. The van der Waals surface area contributed by atoms with Gasteiger partial charge in [0.05, 0.1) is 16.5 Å². The molecule has 1 amide bonds. The van der Waals surface area contributed by atoms with Crippen LogP contribution < -0.4 is 0 Å². The molecule has 0 aliphatic carbocycles. The Morgan fingerprint density at radius 3 is 2.40 bits per heavy atom. The van der Waals surface area contributed by atoms with Crippen molar-refractivity contribution >= 4 is 15.9 Å². The smallest absolute Gasteiger partial charge is 0.243 e. The van der Waals surface area contributed by atoms with Crippen molar-refractivity contribution in [2.45, 2.75) is 37.8 Å². The van der Waals surface area contributed by atoms with Crippen LogP contribution in [0.4, 0.5) is 0 Å². The van der Waals surface area contributed by atoms with Gasteiger partial charge in [-0.05, 0) is 66.8 Å². The summed E-state index contributed by atoms with van der Waals surface area (Å²) in [5, 5.41) is 8.96. The van der Waals surface area contributed by atoms with Crippen molar-refractivity contribution in [2.75, 3.05) is 13.1 Å². The molecule has 8 heteroatoms. The number of rotatable bonds is 7. The van der Waals surface area contributed by atoms with E-state index in [-0.39, 0.29) is 29.8 Å². The lowest BCUT2D eigenvalue weighted by Gasteiger charge is -2.34. The number of carbonyl (C=O) groups excluding carboxylic acids is 1. The molecule has 1 saturated heterocycles. The number of nitrogens with zero attached hydrogens (tertiary/aromatic N) is 4. The van der Waals surface area contributed by atoms with Crippen LogP contribution in [0.25, 0.3) is 0 Å². The summed E-state index contributed by atoms with van der Waals surface area (Å²) in [7, 11) is -3.67. The molecule has 0 bridgehead atoms. The van der Waals surface area contributed by atoms with Gasteiger partial charge in [0.2, 0.25) is 15.9 Å². The van der Waals surface area contributed by atoms with E-state index in [1.165, 1.54) is 28.6 Å². The molecule has 0 atom stereocenters. The topological polar surface area (TPSA) is 94.4 Å². The number of piperidine rings is 1.